The Morgan fingerprint density at radius 2 is 0.584 bits per heavy atom. The summed E-state index contributed by atoms with van der Waals surface area (Å²) < 4.78 is 52.5. The zero-order valence-corrected chi connectivity index (χ0v) is 69.4. The Morgan fingerprint density at radius 3 is 0.841 bits per heavy atom. The summed E-state index contributed by atoms with van der Waals surface area (Å²) in [5, 5.41) is 21.3. The highest BCUT2D eigenvalue weighted by Gasteiger charge is 2.15. The highest BCUT2D eigenvalue weighted by molar-refractivity contribution is 8.02. The van der Waals surface area contributed by atoms with Crippen molar-refractivity contribution in [3.63, 3.8) is 0 Å². The molecule has 0 aliphatic carbocycles. The number of ether oxygens (including phenoxy) is 10. The molecule has 0 aromatic heterocycles. The van der Waals surface area contributed by atoms with Crippen LogP contribution in [0.1, 0.15) is 74.9 Å². The quantitative estimate of drug-likeness (QED) is 0.0778. The van der Waals surface area contributed by atoms with E-state index >= 15 is 0 Å². The van der Waals surface area contributed by atoms with Crippen LogP contribution in [0.15, 0.2) is 133 Å². The molecule has 9 aromatic rings. The van der Waals surface area contributed by atoms with Crippen molar-refractivity contribution in [3.05, 3.63) is 145 Å². The van der Waals surface area contributed by atoms with E-state index in [1.54, 1.807) is 28.4 Å². The molecule has 3 aliphatic rings. The molecular formula is C91H150N8O12S2. The number of benzene rings is 9. The fourth-order valence-electron chi connectivity index (χ4n) is 11.6. The molecule has 3 fully saturated rings. The molecule has 3 saturated heterocycles. The molecule has 9 aromatic carbocycles. The smallest absolute Gasteiger partial charge is 0.219 e. The number of nitrogens with one attached hydrogen (secondary N) is 2. The lowest BCUT2D eigenvalue weighted by molar-refractivity contribution is -0.121. The number of carbonyl (C=O) groups excluding carboxylic acids is 2. The van der Waals surface area contributed by atoms with Crippen LogP contribution in [0, 0.1) is 0 Å². The molecule has 22 heteroatoms. The van der Waals surface area contributed by atoms with Gasteiger partial charge in [0.15, 0.2) is 11.5 Å². The molecule has 113 heavy (non-hydrogen) atoms. The summed E-state index contributed by atoms with van der Waals surface area (Å²) in [5.41, 5.74) is 2.35. The van der Waals surface area contributed by atoms with Gasteiger partial charge in [-0.3, -0.25) is 9.59 Å². The van der Waals surface area contributed by atoms with Gasteiger partial charge in [-0.25, -0.2) is 0 Å². The molecule has 0 saturated carbocycles. The van der Waals surface area contributed by atoms with Crippen molar-refractivity contribution >= 4 is 100.0 Å². The van der Waals surface area contributed by atoms with Crippen molar-refractivity contribution in [2.75, 3.05) is 266 Å². The lowest BCUT2D eigenvalue weighted by Crippen LogP contribution is -2.42. The number of carbonyl (C=O) groups is 2. The van der Waals surface area contributed by atoms with Crippen LogP contribution in [0.2, 0.25) is 0 Å². The predicted octanol–water partition coefficient (Wildman–Crippen LogP) is 15.8. The number of likely N-dealkylation sites (N-methyl/N-ethyl adjacent to an activating group) is 6. The summed E-state index contributed by atoms with van der Waals surface area (Å²) in [6.07, 6.45) is 5.31. The molecule has 0 spiro atoms. The first kappa shape index (κ1) is 107. The molecule has 3 aliphatic heterocycles. The van der Waals surface area contributed by atoms with Gasteiger partial charge in [0.05, 0.1) is 107 Å². The summed E-state index contributed by atoms with van der Waals surface area (Å²) in [6.45, 7) is 27.8. The van der Waals surface area contributed by atoms with Crippen LogP contribution < -0.4 is 20.1 Å². The van der Waals surface area contributed by atoms with Gasteiger partial charge in [0.1, 0.15) is 0 Å². The first-order chi connectivity index (χ1) is 52.6. The van der Waals surface area contributed by atoms with E-state index in [1.807, 2.05) is 61.6 Å². The minimum absolute atomic E-state index is 0. The average molecular weight is 1610 g/mol. The maximum absolute atomic E-state index is 11.5. The van der Waals surface area contributed by atoms with Crippen molar-refractivity contribution in [1.29, 1.82) is 0 Å². The highest BCUT2D eigenvalue weighted by atomic mass is 32.2. The fourth-order valence-corrected chi connectivity index (χ4v) is 13.0. The van der Waals surface area contributed by atoms with Gasteiger partial charge in [-0.15, -0.1) is 0 Å². The van der Waals surface area contributed by atoms with Crippen molar-refractivity contribution in [1.82, 2.24) is 40.0 Å². The number of nitrogens with zero attached hydrogens (tertiary/aromatic N) is 6. The van der Waals surface area contributed by atoms with E-state index in [0.717, 1.165) is 117 Å². The van der Waals surface area contributed by atoms with Gasteiger partial charge in [0, 0.05) is 130 Å². The molecule has 0 atom stereocenters. The Bertz CT molecular complexity index is 3500. The molecule has 2 amide bonds. The van der Waals surface area contributed by atoms with Crippen LogP contribution in [0.25, 0.3) is 64.6 Å². The zero-order valence-electron chi connectivity index (χ0n) is 67.7. The third kappa shape index (κ3) is 40.9. The van der Waals surface area contributed by atoms with Crippen LogP contribution in [0.3, 0.4) is 0 Å². The standard InChI is InChI=1S/2C20H17NO.C14H30N2O4.C10H22N2O2.C8H10O2.C6H14N2.C4H10O2.C4H10S2.5CH4/c2*1-2-18(22)21-12-16-9-8-15-7-6-13-4-3-5-14-10-11-17(16)20(15)19(13)14;1-15-3-7-17-11-13-19-9-5-16(2)6-10-20-14-12-18-8-4-15;1-11-3-7-13-9-5-12(2)6-10-14-8-4-11;1-9-7-5-3-4-6-8(7)10-2;1-7-3-5-8(2)6-4-7;2*1-5-3-4-6-2;;;;;/h2*3-11H,2,12H2,1H3,(H,21,22);3-14H2,1-2H3;3-10H2,1-2H3;3-6H,1-2H3;3-6H2,1-2H3;2*3-4H2,1-2H3;5*1H4. The number of methoxy groups -OCH3 is 4. The van der Waals surface area contributed by atoms with Crippen molar-refractivity contribution in [3.8, 4) is 11.5 Å². The van der Waals surface area contributed by atoms with Crippen LogP contribution in [0.4, 0.5) is 0 Å². The van der Waals surface area contributed by atoms with Crippen LogP contribution >= 0.6 is 23.5 Å². The predicted molar refractivity (Wildman–Crippen MR) is 488 cm³/mol. The van der Waals surface area contributed by atoms with Crippen molar-refractivity contribution < 1.29 is 57.0 Å². The fraction of sp³-hybridized carbons (Fsp3) is 0.560. The minimum Gasteiger partial charge on any atom is -0.493 e. The second-order valence-electron chi connectivity index (χ2n) is 26.7. The summed E-state index contributed by atoms with van der Waals surface area (Å²) in [4.78, 5) is 36.7. The lowest BCUT2D eigenvalue weighted by atomic mass is 9.92. The Hall–Kier alpha value is -6.26. The van der Waals surface area contributed by atoms with E-state index in [2.05, 4.69) is 213 Å². The molecular weight excluding hydrogens is 1460 g/mol. The normalized spacial score (nSPS) is 15.6. The number of para-hydroxylation sites is 2. The molecule has 0 bridgehead atoms. The van der Waals surface area contributed by atoms with E-state index in [4.69, 9.17) is 37.9 Å². The van der Waals surface area contributed by atoms with Gasteiger partial charge in [-0.1, -0.05) is 172 Å². The lowest BCUT2D eigenvalue weighted by Gasteiger charge is -2.28. The first-order valence-corrected chi connectivity index (χ1v) is 41.0. The molecule has 20 nitrogen and oxygen atoms in total. The Morgan fingerprint density at radius 1 is 0.336 bits per heavy atom. The molecule has 12 rings (SSSR count). The third-order valence-corrected chi connectivity index (χ3v) is 20.0. The van der Waals surface area contributed by atoms with Gasteiger partial charge in [0.2, 0.25) is 11.8 Å². The Labute approximate surface area is 691 Å². The largest absolute Gasteiger partial charge is 0.493 e. The molecule has 638 valence electrons. The number of hydrogen-bond acceptors (Lipinski definition) is 20. The topological polar surface area (TPSA) is 170 Å². The van der Waals surface area contributed by atoms with Crippen molar-refractivity contribution in [2.45, 2.75) is 76.9 Å². The summed E-state index contributed by atoms with van der Waals surface area (Å²) in [7, 11) is 19.3. The molecule has 0 radical (unpaired) electrons. The van der Waals surface area contributed by atoms with E-state index in [0.29, 0.717) is 65.6 Å². The summed E-state index contributed by atoms with van der Waals surface area (Å²) in [5.74, 6) is 4.30. The molecule has 2 N–H and O–H groups in total. The van der Waals surface area contributed by atoms with Gasteiger partial charge in [-0.05, 0) is 143 Å². The van der Waals surface area contributed by atoms with E-state index in [9.17, 15) is 9.59 Å². The average Bonchev–Trinajstić information content (AvgIpc) is 0.750. The number of piperazine rings is 1. The van der Waals surface area contributed by atoms with Gasteiger partial charge in [-0.2, -0.15) is 23.5 Å². The molecule has 0 unspecified atom stereocenters. The molecule has 3 heterocycles. The highest BCUT2D eigenvalue weighted by Crippen LogP contribution is 2.37. The number of amides is 2. The SMILES string of the molecule is C.C.C.C.C.CCC(=O)NCc1ccc2ccc3cccc4ccc1c2c34.CCC(=O)NCc1ccc2ccc3cccc4ccc1c2c34.CN1CCN(C)CC1.CN1CCOCCN(C)CCOCC1.CN1CCOCCOCCN(C)CCOCCOCC1.COCCOC.COc1ccccc1OC.CSCCSC. The monoisotopic (exact) mass is 1610 g/mol. The van der Waals surface area contributed by atoms with Gasteiger partial charge < -0.3 is 87.4 Å². The maximum atomic E-state index is 11.5. The maximum Gasteiger partial charge on any atom is 0.219 e. The number of rotatable bonds is 14. The van der Waals surface area contributed by atoms with Crippen LogP contribution in [0.5, 0.6) is 11.5 Å². The third-order valence-electron chi connectivity index (χ3n) is 18.5. The second-order valence-corrected chi connectivity index (χ2v) is 28.7. The Kier molecular flexibility index (Phi) is 61.3. The van der Waals surface area contributed by atoms with Crippen LogP contribution in [-0.4, -0.2) is 307 Å². The van der Waals surface area contributed by atoms with E-state index in [-0.39, 0.29) is 48.9 Å². The van der Waals surface area contributed by atoms with E-state index in [1.165, 1.54) is 113 Å². The number of thioether (sulfide) groups is 2. The zero-order chi connectivity index (χ0) is 77.9. The minimum atomic E-state index is 0. The summed E-state index contributed by atoms with van der Waals surface area (Å²) >= 11 is 3.81. The van der Waals surface area contributed by atoms with Gasteiger partial charge >= 0.3 is 0 Å². The Balaban J connectivity index is 0.00000131. The van der Waals surface area contributed by atoms with Crippen molar-refractivity contribution in [2.24, 2.45) is 0 Å². The number of hydrogen-bond donors (Lipinski definition) is 2. The van der Waals surface area contributed by atoms with Crippen LogP contribution in [-0.2, 0) is 60.6 Å². The van der Waals surface area contributed by atoms with E-state index < -0.39 is 0 Å². The van der Waals surface area contributed by atoms with Gasteiger partial charge in [0.25, 0.3) is 0 Å². The first-order valence-electron chi connectivity index (χ1n) is 38.2. The summed E-state index contributed by atoms with van der Waals surface area (Å²) in [6, 6.07) is 46.4. The second kappa shape index (κ2) is 64.9.